The van der Waals surface area contributed by atoms with Crippen LogP contribution in [0.3, 0.4) is 0 Å². The molecule has 0 saturated carbocycles. The predicted octanol–water partition coefficient (Wildman–Crippen LogP) is 2.52. The molecule has 25 heavy (non-hydrogen) atoms. The molecular weight excluding hydrogens is 358 g/mol. The summed E-state index contributed by atoms with van der Waals surface area (Å²) in [6.07, 6.45) is 1.83. The second-order valence-electron chi connectivity index (χ2n) is 5.82. The number of benzene rings is 2. The highest BCUT2D eigenvalue weighted by atomic mass is 32.3. The monoisotopic (exact) mass is 380 g/mol. The summed E-state index contributed by atoms with van der Waals surface area (Å²) >= 11 is 0. The Morgan fingerprint density at radius 1 is 0.600 bits per heavy atom. The zero-order valence-electron chi connectivity index (χ0n) is 13.9. The third-order valence-electron chi connectivity index (χ3n) is 3.65. The molecule has 0 spiro atoms. The first-order valence-electron chi connectivity index (χ1n) is 8.14. The molecule has 2 aromatic carbocycles. The minimum Gasteiger partial charge on any atom is -0.210 e. The Kier molecular flexibility index (Phi) is 7.16. The molecular formula is C18H22NO4S2. The van der Waals surface area contributed by atoms with Gasteiger partial charge in [-0.1, -0.05) is 60.7 Å². The van der Waals surface area contributed by atoms with Gasteiger partial charge in [0, 0.05) is 4.13 Å². The van der Waals surface area contributed by atoms with E-state index in [0.29, 0.717) is 25.7 Å². The molecule has 0 saturated heterocycles. The lowest BCUT2D eigenvalue weighted by molar-refractivity contribution is 0.572. The molecule has 2 rings (SSSR count). The van der Waals surface area contributed by atoms with E-state index in [1.165, 1.54) is 0 Å². The fourth-order valence-corrected chi connectivity index (χ4v) is 5.45. The van der Waals surface area contributed by atoms with Crippen molar-refractivity contribution in [2.75, 3.05) is 11.5 Å². The Bertz CT molecular complexity index is 775. The van der Waals surface area contributed by atoms with E-state index >= 15 is 0 Å². The van der Waals surface area contributed by atoms with Crippen LogP contribution >= 0.6 is 0 Å². The van der Waals surface area contributed by atoms with Gasteiger partial charge in [-0.05, 0) is 36.8 Å². The first-order chi connectivity index (χ1) is 11.9. The first-order valence-corrected chi connectivity index (χ1v) is 11.4. The average molecular weight is 381 g/mol. The predicted molar refractivity (Wildman–Crippen MR) is 99.2 cm³/mol. The standard InChI is InChI=1S/C18H22NO4S2/c20-24(21,15-7-13-17-9-3-1-4-10-17)19-25(22,23)16-8-14-18-11-5-2-6-12-18/h1-6,9-12H,7-8,13-16H2. The van der Waals surface area contributed by atoms with Crippen molar-refractivity contribution >= 4 is 20.0 Å². The molecule has 135 valence electrons. The normalized spacial score (nSPS) is 12.2. The molecule has 0 aliphatic carbocycles. The van der Waals surface area contributed by atoms with Crippen molar-refractivity contribution in [2.24, 2.45) is 0 Å². The van der Waals surface area contributed by atoms with E-state index in [4.69, 9.17) is 0 Å². The molecule has 5 nitrogen and oxygen atoms in total. The number of hydrogen-bond donors (Lipinski definition) is 0. The Labute approximate surface area is 150 Å². The molecule has 0 heterocycles. The van der Waals surface area contributed by atoms with Crippen molar-refractivity contribution in [3.8, 4) is 0 Å². The fourth-order valence-electron chi connectivity index (χ4n) is 2.45. The zero-order chi connectivity index (χ0) is 18.2. The molecule has 0 aromatic heterocycles. The maximum atomic E-state index is 11.9. The Morgan fingerprint density at radius 3 is 1.32 bits per heavy atom. The van der Waals surface area contributed by atoms with Gasteiger partial charge in [0.25, 0.3) is 0 Å². The van der Waals surface area contributed by atoms with E-state index in [9.17, 15) is 16.8 Å². The summed E-state index contributed by atoms with van der Waals surface area (Å²) in [7, 11) is -7.93. The zero-order valence-corrected chi connectivity index (χ0v) is 15.5. The second kappa shape index (κ2) is 9.12. The van der Waals surface area contributed by atoms with Gasteiger partial charge in [0.15, 0.2) is 0 Å². The minimum atomic E-state index is -3.97. The summed E-state index contributed by atoms with van der Waals surface area (Å²) in [5.41, 5.74) is 2.03. The number of hydrogen-bond acceptors (Lipinski definition) is 4. The van der Waals surface area contributed by atoms with Crippen LogP contribution in [0.1, 0.15) is 24.0 Å². The van der Waals surface area contributed by atoms with E-state index in [1.807, 2.05) is 60.7 Å². The van der Waals surface area contributed by atoms with Crippen LogP contribution < -0.4 is 4.13 Å². The number of nitrogens with zero attached hydrogens (tertiary/aromatic N) is 1. The van der Waals surface area contributed by atoms with Crippen molar-refractivity contribution in [1.82, 2.24) is 4.13 Å². The van der Waals surface area contributed by atoms with Gasteiger partial charge in [0.1, 0.15) is 0 Å². The highest BCUT2D eigenvalue weighted by Crippen LogP contribution is 2.07. The molecule has 0 unspecified atom stereocenters. The van der Waals surface area contributed by atoms with Gasteiger partial charge in [-0.2, -0.15) is 0 Å². The summed E-state index contributed by atoms with van der Waals surface area (Å²) in [6.45, 7) is 0. The summed E-state index contributed by atoms with van der Waals surface area (Å²) in [6, 6.07) is 18.9. The maximum Gasteiger partial charge on any atom is 0.242 e. The van der Waals surface area contributed by atoms with Crippen LogP contribution in [0.5, 0.6) is 0 Å². The van der Waals surface area contributed by atoms with E-state index in [2.05, 4.69) is 4.13 Å². The summed E-state index contributed by atoms with van der Waals surface area (Å²) in [4.78, 5) is 0. The third kappa shape index (κ3) is 7.81. The smallest absolute Gasteiger partial charge is 0.210 e. The van der Waals surface area contributed by atoms with Gasteiger partial charge in [-0.25, -0.2) is 16.8 Å². The molecule has 0 fully saturated rings. The van der Waals surface area contributed by atoms with Crippen LogP contribution in [-0.2, 0) is 32.9 Å². The molecule has 0 aliphatic rings. The second-order valence-corrected chi connectivity index (χ2v) is 9.57. The number of rotatable bonds is 10. The summed E-state index contributed by atoms with van der Waals surface area (Å²) in [5, 5.41) is 0. The molecule has 1 radical (unpaired) electrons. The first kappa shape index (κ1) is 19.6. The largest absolute Gasteiger partial charge is 0.242 e. The molecule has 0 N–H and O–H groups in total. The SMILES string of the molecule is O=S(=O)(CCCc1ccccc1)[N]S(=O)(=O)CCCc1ccccc1. The van der Waals surface area contributed by atoms with Gasteiger partial charge < -0.3 is 0 Å². The lowest BCUT2D eigenvalue weighted by Gasteiger charge is -2.06. The lowest BCUT2D eigenvalue weighted by Crippen LogP contribution is -2.28. The van der Waals surface area contributed by atoms with Gasteiger partial charge in [-0.15, -0.1) is 0 Å². The van der Waals surface area contributed by atoms with Crippen LogP contribution in [0, 0.1) is 0 Å². The lowest BCUT2D eigenvalue weighted by atomic mass is 10.1. The Morgan fingerprint density at radius 2 is 0.960 bits per heavy atom. The van der Waals surface area contributed by atoms with Gasteiger partial charge in [0.05, 0.1) is 11.5 Å². The molecule has 0 aliphatic heterocycles. The van der Waals surface area contributed by atoms with Crippen LogP contribution in [0.2, 0.25) is 0 Å². The molecule has 0 amide bonds. The molecule has 0 atom stereocenters. The van der Waals surface area contributed by atoms with Crippen molar-refractivity contribution in [1.29, 1.82) is 0 Å². The topological polar surface area (TPSA) is 82.4 Å². The highest BCUT2D eigenvalue weighted by Gasteiger charge is 2.22. The van der Waals surface area contributed by atoms with E-state index in [0.717, 1.165) is 11.1 Å². The van der Waals surface area contributed by atoms with Crippen LogP contribution in [0.25, 0.3) is 0 Å². The summed E-state index contributed by atoms with van der Waals surface area (Å²) in [5.74, 6) is -0.528. The van der Waals surface area contributed by atoms with E-state index in [-0.39, 0.29) is 11.5 Å². The quantitative estimate of drug-likeness (QED) is 0.634. The number of aryl methyl sites for hydroxylation is 2. The van der Waals surface area contributed by atoms with E-state index < -0.39 is 20.0 Å². The number of sulfonamides is 2. The summed E-state index contributed by atoms with van der Waals surface area (Å²) < 4.78 is 50.8. The molecule has 0 bridgehead atoms. The van der Waals surface area contributed by atoms with E-state index in [1.54, 1.807) is 0 Å². The van der Waals surface area contributed by atoms with Gasteiger partial charge in [-0.3, -0.25) is 0 Å². The van der Waals surface area contributed by atoms with Gasteiger partial charge >= 0.3 is 0 Å². The van der Waals surface area contributed by atoms with Crippen LogP contribution in [0.4, 0.5) is 0 Å². The maximum absolute atomic E-state index is 11.9. The van der Waals surface area contributed by atoms with Crippen molar-refractivity contribution < 1.29 is 16.8 Å². The average Bonchev–Trinajstić information content (AvgIpc) is 2.55. The Balaban J connectivity index is 1.77. The molecule has 7 heteroatoms. The van der Waals surface area contributed by atoms with Crippen LogP contribution in [-0.4, -0.2) is 28.3 Å². The fraction of sp³-hybridized carbons (Fsp3) is 0.333. The van der Waals surface area contributed by atoms with Crippen molar-refractivity contribution in [3.05, 3.63) is 71.8 Å². The van der Waals surface area contributed by atoms with Crippen molar-refractivity contribution in [3.63, 3.8) is 0 Å². The third-order valence-corrected chi connectivity index (χ3v) is 7.07. The highest BCUT2D eigenvalue weighted by molar-refractivity contribution is 8.04. The minimum absolute atomic E-state index is 0.264. The molecule has 2 aromatic rings. The van der Waals surface area contributed by atoms with Crippen LogP contribution in [0.15, 0.2) is 60.7 Å². The Hall–Kier alpha value is -1.70. The van der Waals surface area contributed by atoms with Crippen molar-refractivity contribution in [2.45, 2.75) is 25.7 Å². The van der Waals surface area contributed by atoms with Gasteiger partial charge in [0.2, 0.25) is 20.0 Å².